The van der Waals surface area contributed by atoms with Crippen molar-refractivity contribution in [2.75, 3.05) is 5.32 Å². The molecule has 94 valence electrons. The molecule has 0 bridgehead atoms. The molecule has 0 aliphatic rings. The fourth-order valence-corrected chi connectivity index (χ4v) is 2.41. The molecule has 0 aromatic heterocycles. The number of rotatable bonds is 3. The summed E-state index contributed by atoms with van der Waals surface area (Å²) in [5.41, 5.74) is 6.54. The number of halogens is 1. The lowest BCUT2D eigenvalue weighted by Crippen LogP contribution is -2.02. The molecule has 0 radical (unpaired) electrons. The van der Waals surface area contributed by atoms with Gasteiger partial charge in [0.05, 0.1) is 0 Å². The minimum Gasteiger partial charge on any atom is -0.381 e. The van der Waals surface area contributed by atoms with Crippen LogP contribution >= 0.6 is 22.6 Å². The van der Waals surface area contributed by atoms with E-state index in [1.807, 2.05) is 0 Å². The lowest BCUT2D eigenvalue weighted by Gasteiger charge is -2.11. The van der Waals surface area contributed by atoms with Gasteiger partial charge in [-0.2, -0.15) is 0 Å². The van der Waals surface area contributed by atoms with Crippen LogP contribution in [0.4, 0.5) is 5.69 Å². The third kappa shape index (κ3) is 3.25. The second-order valence-corrected chi connectivity index (χ2v) is 5.91. The van der Waals surface area contributed by atoms with E-state index in [1.54, 1.807) is 0 Å². The van der Waals surface area contributed by atoms with Gasteiger partial charge >= 0.3 is 0 Å². The van der Waals surface area contributed by atoms with Crippen molar-refractivity contribution < 1.29 is 0 Å². The number of hydrogen-bond acceptors (Lipinski definition) is 1. The minimum atomic E-state index is 0.882. The van der Waals surface area contributed by atoms with Gasteiger partial charge in [-0.05, 0) is 72.2 Å². The van der Waals surface area contributed by atoms with E-state index >= 15 is 0 Å². The molecule has 0 fully saturated rings. The summed E-state index contributed by atoms with van der Waals surface area (Å²) in [6.45, 7) is 7.32. The zero-order chi connectivity index (χ0) is 13.1. The van der Waals surface area contributed by atoms with E-state index in [-0.39, 0.29) is 0 Å². The molecule has 0 saturated heterocycles. The van der Waals surface area contributed by atoms with Gasteiger partial charge in [-0.3, -0.25) is 0 Å². The molecular weight excluding hydrogens is 333 g/mol. The van der Waals surface area contributed by atoms with E-state index < -0.39 is 0 Å². The average molecular weight is 351 g/mol. The predicted octanol–water partition coefficient (Wildman–Crippen LogP) is 4.83. The van der Waals surface area contributed by atoms with Crippen LogP contribution in [0.1, 0.15) is 22.3 Å². The molecule has 0 atom stereocenters. The Morgan fingerprint density at radius 3 is 2.39 bits per heavy atom. The molecule has 2 rings (SSSR count). The normalized spacial score (nSPS) is 10.4. The summed E-state index contributed by atoms with van der Waals surface area (Å²) in [5, 5.41) is 3.49. The zero-order valence-electron chi connectivity index (χ0n) is 11.0. The van der Waals surface area contributed by atoms with Crippen LogP contribution in [-0.4, -0.2) is 0 Å². The highest BCUT2D eigenvalue weighted by molar-refractivity contribution is 14.1. The molecule has 2 aromatic rings. The molecule has 0 unspecified atom stereocenters. The first-order chi connectivity index (χ1) is 8.56. The van der Waals surface area contributed by atoms with Crippen LogP contribution in [-0.2, 0) is 6.54 Å². The summed E-state index contributed by atoms with van der Waals surface area (Å²) in [6.07, 6.45) is 0. The maximum atomic E-state index is 3.49. The maximum Gasteiger partial charge on any atom is 0.0403 e. The van der Waals surface area contributed by atoms with Crippen molar-refractivity contribution in [3.63, 3.8) is 0 Å². The Morgan fingerprint density at radius 1 is 0.944 bits per heavy atom. The number of anilines is 1. The van der Waals surface area contributed by atoms with Crippen molar-refractivity contribution in [3.05, 3.63) is 62.2 Å². The first kappa shape index (κ1) is 13.4. The van der Waals surface area contributed by atoms with Crippen LogP contribution in [0.15, 0.2) is 36.4 Å². The molecule has 0 amide bonds. The monoisotopic (exact) mass is 351 g/mol. The topological polar surface area (TPSA) is 12.0 Å². The molecule has 0 saturated carbocycles. The molecule has 0 spiro atoms. The van der Waals surface area contributed by atoms with E-state index in [0.717, 1.165) is 6.54 Å². The van der Waals surface area contributed by atoms with Gasteiger partial charge in [0.1, 0.15) is 0 Å². The van der Waals surface area contributed by atoms with Crippen LogP contribution in [0.25, 0.3) is 0 Å². The van der Waals surface area contributed by atoms with Crippen molar-refractivity contribution in [2.24, 2.45) is 0 Å². The van der Waals surface area contributed by atoms with Gasteiger partial charge in [-0.1, -0.05) is 29.8 Å². The van der Waals surface area contributed by atoms with E-state index in [4.69, 9.17) is 0 Å². The molecule has 0 aliphatic heterocycles. The van der Waals surface area contributed by atoms with E-state index in [9.17, 15) is 0 Å². The van der Waals surface area contributed by atoms with Crippen molar-refractivity contribution in [1.29, 1.82) is 0 Å². The molecular formula is C16H18IN. The van der Waals surface area contributed by atoms with Gasteiger partial charge in [0, 0.05) is 15.8 Å². The second-order valence-electron chi connectivity index (χ2n) is 4.75. The van der Waals surface area contributed by atoms with Crippen molar-refractivity contribution in [3.8, 4) is 0 Å². The fraction of sp³-hybridized carbons (Fsp3) is 0.250. The number of nitrogens with one attached hydrogen (secondary N) is 1. The highest BCUT2D eigenvalue weighted by atomic mass is 127. The zero-order valence-corrected chi connectivity index (χ0v) is 13.2. The molecule has 2 heteroatoms. The average Bonchev–Trinajstić information content (AvgIpc) is 2.34. The Bertz CT molecular complexity index is 561. The van der Waals surface area contributed by atoms with E-state index in [2.05, 4.69) is 85.1 Å². The van der Waals surface area contributed by atoms with Crippen LogP contribution in [0.3, 0.4) is 0 Å². The Hall–Kier alpha value is -1.03. The SMILES string of the molecule is Cc1ccc(C)c(CNc2ccc(C)c(I)c2)c1. The summed E-state index contributed by atoms with van der Waals surface area (Å²) in [4.78, 5) is 0. The highest BCUT2D eigenvalue weighted by Gasteiger charge is 2.00. The van der Waals surface area contributed by atoms with Crippen LogP contribution in [0.5, 0.6) is 0 Å². The number of hydrogen-bond donors (Lipinski definition) is 1. The van der Waals surface area contributed by atoms with Crippen LogP contribution in [0.2, 0.25) is 0 Å². The van der Waals surface area contributed by atoms with Crippen molar-refractivity contribution in [1.82, 2.24) is 0 Å². The quantitative estimate of drug-likeness (QED) is 0.781. The summed E-state index contributed by atoms with van der Waals surface area (Å²) >= 11 is 2.38. The smallest absolute Gasteiger partial charge is 0.0403 e. The largest absolute Gasteiger partial charge is 0.381 e. The minimum absolute atomic E-state index is 0.882. The van der Waals surface area contributed by atoms with Gasteiger partial charge in [-0.25, -0.2) is 0 Å². The molecule has 1 N–H and O–H groups in total. The van der Waals surface area contributed by atoms with Gasteiger partial charge in [0.15, 0.2) is 0 Å². The molecule has 2 aromatic carbocycles. The summed E-state index contributed by atoms with van der Waals surface area (Å²) < 4.78 is 1.30. The maximum absolute atomic E-state index is 3.49. The molecule has 18 heavy (non-hydrogen) atoms. The van der Waals surface area contributed by atoms with Crippen LogP contribution < -0.4 is 5.32 Å². The van der Waals surface area contributed by atoms with E-state index in [1.165, 1.54) is 31.5 Å². The lowest BCUT2D eigenvalue weighted by atomic mass is 10.1. The van der Waals surface area contributed by atoms with Crippen molar-refractivity contribution in [2.45, 2.75) is 27.3 Å². The first-order valence-corrected chi connectivity index (χ1v) is 7.20. The number of aryl methyl sites for hydroxylation is 3. The van der Waals surface area contributed by atoms with Gasteiger partial charge in [0.2, 0.25) is 0 Å². The third-order valence-electron chi connectivity index (χ3n) is 3.16. The van der Waals surface area contributed by atoms with Crippen LogP contribution in [0, 0.1) is 24.3 Å². The Kier molecular flexibility index (Phi) is 4.27. The summed E-state index contributed by atoms with van der Waals surface area (Å²) in [6, 6.07) is 13.1. The molecule has 0 aliphatic carbocycles. The first-order valence-electron chi connectivity index (χ1n) is 6.12. The Labute approximate surface area is 123 Å². The third-order valence-corrected chi connectivity index (χ3v) is 4.32. The second kappa shape index (κ2) is 5.74. The van der Waals surface area contributed by atoms with E-state index in [0.29, 0.717) is 0 Å². The Balaban J connectivity index is 2.11. The number of benzene rings is 2. The molecule has 0 heterocycles. The van der Waals surface area contributed by atoms with Gasteiger partial charge in [0.25, 0.3) is 0 Å². The lowest BCUT2D eigenvalue weighted by molar-refractivity contribution is 1.11. The van der Waals surface area contributed by atoms with Gasteiger partial charge in [-0.15, -0.1) is 0 Å². The predicted molar refractivity (Wildman–Crippen MR) is 87.1 cm³/mol. The summed E-state index contributed by atoms with van der Waals surface area (Å²) in [5.74, 6) is 0. The standard InChI is InChI=1S/C16H18IN/c1-11-4-5-12(2)14(8-11)10-18-15-7-6-13(3)16(17)9-15/h4-9,18H,10H2,1-3H3. The van der Waals surface area contributed by atoms with Gasteiger partial charge < -0.3 is 5.32 Å². The summed E-state index contributed by atoms with van der Waals surface area (Å²) in [7, 11) is 0. The highest BCUT2D eigenvalue weighted by Crippen LogP contribution is 2.18. The van der Waals surface area contributed by atoms with Crippen molar-refractivity contribution >= 4 is 28.3 Å². The molecule has 1 nitrogen and oxygen atoms in total. The fourth-order valence-electron chi connectivity index (χ4n) is 1.89. The Morgan fingerprint density at radius 2 is 1.67 bits per heavy atom.